The Balaban J connectivity index is 1.44. The monoisotopic (exact) mass is 500 g/mol. The van der Waals surface area contributed by atoms with E-state index in [0.29, 0.717) is 25.6 Å². The van der Waals surface area contributed by atoms with Crippen LogP contribution in [-0.4, -0.2) is 31.7 Å². The molecule has 1 saturated heterocycles. The predicted octanol–water partition coefficient (Wildman–Crippen LogP) is 6.08. The summed E-state index contributed by atoms with van der Waals surface area (Å²) in [7, 11) is 1.61. The summed E-state index contributed by atoms with van der Waals surface area (Å²) >= 11 is 0. The first-order chi connectivity index (χ1) is 18.3. The molecule has 0 saturated carbocycles. The summed E-state index contributed by atoms with van der Waals surface area (Å²) in [6.07, 6.45) is -1.14. The van der Waals surface area contributed by atoms with Crippen molar-refractivity contribution in [2.75, 3.05) is 7.11 Å². The van der Waals surface area contributed by atoms with Crippen molar-refractivity contribution in [1.29, 1.82) is 0 Å². The van der Waals surface area contributed by atoms with E-state index in [1.54, 1.807) is 13.4 Å². The maximum atomic E-state index is 6.58. The number of hydrogen-bond donors (Lipinski definition) is 0. The lowest BCUT2D eigenvalue weighted by molar-refractivity contribution is -0.322. The standard InChI is InChI=1S/C31H32O6/c1-32-31-30(36-22-25-16-9-4-10-17-25)29(35-21-24-14-7-3-8-15-24)28(27(37-31)26-18-11-19-33-26)34-20-23-12-5-2-6-13-23/h2-19,27-31H,20-22H2,1H3/t27-,28-,29+,30-,31+/m1/s1. The summed E-state index contributed by atoms with van der Waals surface area (Å²) in [6, 6.07) is 33.9. The van der Waals surface area contributed by atoms with E-state index in [-0.39, 0.29) is 0 Å². The molecule has 192 valence electrons. The molecule has 0 radical (unpaired) electrons. The van der Waals surface area contributed by atoms with Gasteiger partial charge in [0.25, 0.3) is 0 Å². The molecule has 0 unspecified atom stereocenters. The first kappa shape index (κ1) is 25.4. The summed E-state index contributed by atoms with van der Waals surface area (Å²) < 4.78 is 37.5. The van der Waals surface area contributed by atoms with Gasteiger partial charge in [-0.25, -0.2) is 0 Å². The highest BCUT2D eigenvalue weighted by molar-refractivity contribution is 5.16. The second-order valence-electron chi connectivity index (χ2n) is 8.96. The van der Waals surface area contributed by atoms with Gasteiger partial charge in [0.1, 0.15) is 30.2 Å². The van der Waals surface area contributed by atoms with E-state index in [4.69, 9.17) is 28.1 Å². The fourth-order valence-corrected chi connectivity index (χ4v) is 4.53. The smallest absolute Gasteiger partial charge is 0.187 e. The molecule has 0 amide bonds. The Morgan fingerprint density at radius 3 is 1.51 bits per heavy atom. The Labute approximate surface area is 217 Å². The molecule has 5 atom stereocenters. The molecule has 0 N–H and O–H groups in total. The second kappa shape index (κ2) is 12.8. The highest BCUT2D eigenvalue weighted by atomic mass is 16.7. The van der Waals surface area contributed by atoms with Crippen molar-refractivity contribution < 1.29 is 28.1 Å². The number of rotatable bonds is 11. The molecule has 1 aliphatic rings. The molecule has 0 aliphatic carbocycles. The average Bonchev–Trinajstić information content (AvgIpc) is 3.50. The molecule has 1 aliphatic heterocycles. The lowest BCUT2D eigenvalue weighted by Gasteiger charge is -2.45. The Morgan fingerprint density at radius 1 is 0.568 bits per heavy atom. The van der Waals surface area contributed by atoms with Gasteiger partial charge < -0.3 is 28.1 Å². The van der Waals surface area contributed by atoms with Crippen molar-refractivity contribution in [3.8, 4) is 0 Å². The maximum Gasteiger partial charge on any atom is 0.187 e. The van der Waals surface area contributed by atoms with E-state index in [9.17, 15) is 0 Å². The minimum Gasteiger partial charge on any atom is -0.466 e. The van der Waals surface area contributed by atoms with Crippen molar-refractivity contribution >= 4 is 0 Å². The topological polar surface area (TPSA) is 59.3 Å². The third kappa shape index (κ3) is 6.55. The second-order valence-corrected chi connectivity index (χ2v) is 8.96. The summed E-state index contributed by atoms with van der Waals surface area (Å²) in [4.78, 5) is 0. The summed E-state index contributed by atoms with van der Waals surface area (Å²) in [5.41, 5.74) is 3.16. The minimum absolute atomic E-state index is 0.386. The van der Waals surface area contributed by atoms with Crippen LogP contribution in [0, 0.1) is 0 Å². The van der Waals surface area contributed by atoms with Gasteiger partial charge in [0, 0.05) is 7.11 Å². The van der Waals surface area contributed by atoms with Crippen molar-refractivity contribution in [3.63, 3.8) is 0 Å². The number of furan rings is 1. The van der Waals surface area contributed by atoms with Crippen LogP contribution >= 0.6 is 0 Å². The molecular weight excluding hydrogens is 468 g/mol. The van der Waals surface area contributed by atoms with E-state index in [0.717, 1.165) is 16.7 Å². The van der Waals surface area contributed by atoms with Gasteiger partial charge in [-0.2, -0.15) is 0 Å². The van der Waals surface area contributed by atoms with Gasteiger partial charge in [-0.1, -0.05) is 91.0 Å². The van der Waals surface area contributed by atoms with Crippen LogP contribution in [0.5, 0.6) is 0 Å². The fraction of sp³-hybridized carbons (Fsp3) is 0.290. The highest BCUT2D eigenvalue weighted by Gasteiger charge is 2.50. The van der Waals surface area contributed by atoms with Crippen molar-refractivity contribution in [2.45, 2.75) is 50.5 Å². The molecule has 1 fully saturated rings. The molecule has 1 aromatic heterocycles. The van der Waals surface area contributed by atoms with Crippen LogP contribution in [0.25, 0.3) is 0 Å². The van der Waals surface area contributed by atoms with Crippen LogP contribution < -0.4 is 0 Å². The van der Waals surface area contributed by atoms with Crippen LogP contribution in [0.3, 0.4) is 0 Å². The zero-order valence-electron chi connectivity index (χ0n) is 20.8. The van der Waals surface area contributed by atoms with Crippen LogP contribution in [-0.2, 0) is 43.5 Å². The van der Waals surface area contributed by atoms with E-state index in [2.05, 4.69) is 0 Å². The number of hydrogen-bond acceptors (Lipinski definition) is 6. The largest absolute Gasteiger partial charge is 0.466 e. The first-order valence-corrected chi connectivity index (χ1v) is 12.5. The van der Waals surface area contributed by atoms with E-state index < -0.39 is 30.7 Å². The molecule has 5 rings (SSSR count). The first-order valence-electron chi connectivity index (χ1n) is 12.5. The fourth-order valence-electron chi connectivity index (χ4n) is 4.53. The SMILES string of the molecule is CO[C@H]1O[C@H](c2ccco2)[C@@H](OCc2ccccc2)[C@H](OCc2ccccc2)[C@H]1OCc1ccccc1. The molecular formula is C31H32O6. The van der Waals surface area contributed by atoms with Crippen molar-refractivity contribution in [1.82, 2.24) is 0 Å². The zero-order valence-corrected chi connectivity index (χ0v) is 20.8. The van der Waals surface area contributed by atoms with Crippen LogP contribution in [0.1, 0.15) is 28.6 Å². The van der Waals surface area contributed by atoms with Gasteiger partial charge >= 0.3 is 0 Å². The van der Waals surface area contributed by atoms with Gasteiger partial charge in [0.05, 0.1) is 26.1 Å². The molecule has 4 aromatic rings. The molecule has 0 spiro atoms. The van der Waals surface area contributed by atoms with E-state index in [1.807, 2.05) is 103 Å². The van der Waals surface area contributed by atoms with E-state index in [1.165, 1.54) is 0 Å². The van der Waals surface area contributed by atoms with Crippen LogP contribution in [0.15, 0.2) is 114 Å². The van der Waals surface area contributed by atoms with E-state index >= 15 is 0 Å². The lowest BCUT2D eigenvalue weighted by Crippen LogP contribution is -2.57. The summed E-state index contributed by atoms with van der Waals surface area (Å²) in [5, 5.41) is 0. The van der Waals surface area contributed by atoms with Crippen molar-refractivity contribution in [3.05, 3.63) is 132 Å². The summed E-state index contributed by atoms with van der Waals surface area (Å²) in [6.45, 7) is 1.17. The Hall–Kier alpha value is -3.26. The van der Waals surface area contributed by atoms with Gasteiger partial charge in [-0.3, -0.25) is 0 Å². The Morgan fingerprint density at radius 2 is 1.05 bits per heavy atom. The Bertz CT molecular complexity index is 1170. The molecule has 37 heavy (non-hydrogen) atoms. The van der Waals surface area contributed by atoms with Gasteiger partial charge in [0.2, 0.25) is 0 Å². The minimum atomic E-state index is -0.684. The number of ether oxygens (including phenoxy) is 5. The average molecular weight is 501 g/mol. The van der Waals surface area contributed by atoms with Crippen molar-refractivity contribution in [2.24, 2.45) is 0 Å². The predicted molar refractivity (Wildman–Crippen MR) is 138 cm³/mol. The maximum absolute atomic E-state index is 6.58. The molecule has 2 heterocycles. The highest BCUT2D eigenvalue weighted by Crippen LogP contribution is 2.38. The summed E-state index contributed by atoms with van der Waals surface area (Å²) in [5.74, 6) is 0.648. The molecule has 0 bridgehead atoms. The van der Waals surface area contributed by atoms with Gasteiger partial charge in [0.15, 0.2) is 6.29 Å². The Kier molecular flexibility index (Phi) is 8.79. The van der Waals surface area contributed by atoms with Gasteiger partial charge in [-0.05, 0) is 28.8 Å². The molecule has 6 nitrogen and oxygen atoms in total. The normalized spacial score (nSPS) is 23.6. The lowest BCUT2D eigenvalue weighted by atomic mass is 9.96. The van der Waals surface area contributed by atoms with Gasteiger partial charge in [-0.15, -0.1) is 0 Å². The molecule has 3 aromatic carbocycles. The molecule has 6 heteroatoms. The van der Waals surface area contributed by atoms with Crippen LogP contribution in [0.2, 0.25) is 0 Å². The number of methoxy groups -OCH3 is 1. The third-order valence-electron chi connectivity index (χ3n) is 6.41. The quantitative estimate of drug-likeness (QED) is 0.249. The van der Waals surface area contributed by atoms with Crippen LogP contribution in [0.4, 0.5) is 0 Å². The third-order valence-corrected chi connectivity index (χ3v) is 6.41. The zero-order chi connectivity index (χ0) is 25.3. The number of benzene rings is 3.